The summed E-state index contributed by atoms with van der Waals surface area (Å²) in [4.78, 5) is 14.1. The van der Waals surface area contributed by atoms with E-state index in [-0.39, 0.29) is 11.9 Å². The lowest BCUT2D eigenvalue weighted by Crippen LogP contribution is -2.47. The van der Waals surface area contributed by atoms with Crippen LogP contribution < -0.4 is 5.32 Å². The van der Waals surface area contributed by atoms with Gasteiger partial charge in [0.25, 0.3) is 0 Å². The van der Waals surface area contributed by atoms with Gasteiger partial charge in [0.05, 0.1) is 23.7 Å². The number of nitrogens with one attached hydrogen (secondary N) is 1. The Morgan fingerprint density at radius 2 is 2.27 bits per heavy atom. The highest BCUT2D eigenvalue weighted by atomic mass is 16.3. The third kappa shape index (κ3) is 3.80. The maximum absolute atomic E-state index is 12.4. The van der Waals surface area contributed by atoms with Crippen molar-refractivity contribution >= 4 is 11.7 Å². The zero-order valence-corrected chi connectivity index (χ0v) is 14.0. The summed E-state index contributed by atoms with van der Waals surface area (Å²) >= 11 is 0. The number of piperidine rings is 1. The van der Waals surface area contributed by atoms with Crippen molar-refractivity contribution in [3.63, 3.8) is 0 Å². The van der Waals surface area contributed by atoms with Crippen LogP contribution in [0.2, 0.25) is 0 Å². The van der Waals surface area contributed by atoms with Crippen LogP contribution in [0.3, 0.4) is 0 Å². The van der Waals surface area contributed by atoms with Gasteiger partial charge in [-0.25, -0.2) is 4.79 Å². The summed E-state index contributed by atoms with van der Waals surface area (Å²) < 4.78 is 1.97. The molecule has 0 saturated carbocycles. The topological polar surface area (TPSA) is 70.4 Å². The molecular weight excluding hydrogens is 280 g/mol. The molecule has 1 aromatic rings. The number of hydrogen-bond donors (Lipinski definition) is 2. The van der Waals surface area contributed by atoms with Gasteiger partial charge in [0, 0.05) is 19.6 Å². The minimum Gasteiger partial charge on any atom is -0.391 e. The second kappa shape index (κ2) is 7.13. The van der Waals surface area contributed by atoms with Crippen molar-refractivity contribution < 1.29 is 9.90 Å². The first-order valence-electron chi connectivity index (χ1n) is 8.21. The Bertz CT molecular complexity index is 512. The van der Waals surface area contributed by atoms with Gasteiger partial charge in [-0.2, -0.15) is 5.10 Å². The normalized spacial score (nSPS) is 22.2. The van der Waals surface area contributed by atoms with Crippen LogP contribution in [-0.2, 0) is 13.0 Å². The average molecular weight is 308 g/mol. The van der Waals surface area contributed by atoms with Crippen molar-refractivity contribution in [2.75, 3.05) is 18.4 Å². The van der Waals surface area contributed by atoms with Gasteiger partial charge >= 0.3 is 6.03 Å². The summed E-state index contributed by atoms with van der Waals surface area (Å²) in [5, 5.41) is 17.3. The van der Waals surface area contributed by atoms with Gasteiger partial charge in [0.1, 0.15) is 0 Å². The number of β-amino-alcohol motifs (C(OH)–C–C–N with tert-alkyl or cyclic N) is 1. The van der Waals surface area contributed by atoms with Crippen LogP contribution in [0, 0.1) is 11.8 Å². The fourth-order valence-corrected chi connectivity index (χ4v) is 2.82. The smallest absolute Gasteiger partial charge is 0.322 e. The first-order chi connectivity index (χ1) is 10.4. The number of aliphatic hydroxyl groups excluding tert-OH is 1. The average Bonchev–Trinajstić information content (AvgIpc) is 2.82. The predicted octanol–water partition coefficient (Wildman–Crippen LogP) is 2.34. The Morgan fingerprint density at radius 1 is 1.55 bits per heavy atom. The number of nitrogens with zero attached hydrogens (tertiary/aromatic N) is 3. The largest absolute Gasteiger partial charge is 0.391 e. The molecule has 1 saturated heterocycles. The first kappa shape index (κ1) is 16.8. The van der Waals surface area contributed by atoms with Crippen LogP contribution in [0.15, 0.2) is 6.20 Å². The number of aromatic nitrogens is 2. The maximum atomic E-state index is 12.4. The number of amides is 2. The highest BCUT2D eigenvalue weighted by molar-refractivity contribution is 5.89. The SMILES string of the molecule is CCc1c(NC(=O)N2CCC(C)C(O)C2)cnn1CC(C)C. The van der Waals surface area contributed by atoms with Gasteiger partial charge in [-0.05, 0) is 24.7 Å². The third-order valence-electron chi connectivity index (χ3n) is 4.27. The Morgan fingerprint density at radius 3 is 2.86 bits per heavy atom. The van der Waals surface area contributed by atoms with E-state index in [1.807, 2.05) is 11.6 Å². The molecule has 0 bridgehead atoms. The Labute approximate surface area is 132 Å². The summed E-state index contributed by atoms with van der Waals surface area (Å²) in [7, 11) is 0. The molecule has 2 rings (SSSR count). The van der Waals surface area contributed by atoms with Crippen molar-refractivity contribution in [1.82, 2.24) is 14.7 Å². The standard InChI is InChI=1S/C16H28N4O2/c1-5-14-13(8-17-20(14)9-11(2)3)18-16(22)19-7-6-12(4)15(21)10-19/h8,11-12,15,21H,5-7,9-10H2,1-4H3,(H,18,22). The van der Waals surface area contributed by atoms with E-state index in [4.69, 9.17) is 0 Å². The van der Waals surface area contributed by atoms with E-state index in [2.05, 4.69) is 31.2 Å². The molecule has 2 N–H and O–H groups in total. The van der Waals surface area contributed by atoms with E-state index in [9.17, 15) is 9.90 Å². The molecule has 0 aliphatic carbocycles. The van der Waals surface area contributed by atoms with E-state index in [0.29, 0.717) is 19.0 Å². The lowest BCUT2D eigenvalue weighted by molar-refractivity contribution is 0.0463. The number of hydrogen-bond acceptors (Lipinski definition) is 3. The molecule has 1 aliphatic rings. The molecule has 2 amide bonds. The molecule has 0 aromatic carbocycles. The molecule has 0 radical (unpaired) electrons. The highest BCUT2D eigenvalue weighted by Gasteiger charge is 2.27. The second-order valence-corrected chi connectivity index (χ2v) is 6.64. The molecule has 22 heavy (non-hydrogen) atoms. The molecule has 6 nitrogen and oxygen atoms in total. The van der Waals surface area contributed by atoms with Gasteiger partial charge in [-0.15, -0.1) is 0 Å². The summed E-state index contributed by atoms with van der Waals surface area (Å²) in [6, 6.07) is -0.148. The summed E-state index contributed by atoms with van der Waals surface area (Å²) in [6.45, 7) is 10.3. The van der Waals surface area contributed by atoms with Gasteiger partial charge in [-0.3, -0.25) is 4.68 Å². The van der Waals surface area contributed by atoms with Gasteiger partial charge < -0.3 is 15.3 Å². The third-order valence-corrected chi connectivity index (χ3v) is 4.27. The molecule has 2 heterocycles. The molecule has 0 spiro atoms. The summed E-state index contributed by atoms with van der Waals surface area (Å²) in [5.41, 5.74) is 1.83. The van der Waals surface area contributed by atoms with Gasteiger partial charge in [0.15, 0.2) is 0 Å². The van der Waals surface area contributed by atoms with Gasteiger partial charge in [-0.1, -0.05) is 27.7 Å². The number of carbonyl (C=O) groups is 1. The van der Waals surface area contributed by atoms with E-state index >= 15 is 0 Å². The molecule has 124 valence electrons. The molecule has 1 fully saturated rings. The number of aliphatic hydroxyl groups is 1. The number of anilines is 1. The number of likely N-dealkylation sites (tertiary alicyclic amines) is 1. The lowest BCUT2D eigenvalue weighted by atomic mass is 9.96. The highest BCUT2D eigenvalue weighted by Crippen LogP contribution is 2.20. The molecule has 1 aromatic heterocycles. The minimum absolute atomic E-state index is 0.148. The number of urea groups is 1. The van der Waals surface area contributed by atoms with Crippen LogP contribution in [-0.4, -0.2) is 45.0 Å². The fourth-order valence-electron chi connectivity index (χ4n) is 2.82. The predicted molar refractivity (Wildman–Crippen MR) is 86.8 cm³/mol. The molecule has 1 aliphatic heterocycles. The second-order valence-electron chi connectivity index (χ2n) is 6.64. The van der Waals surface area contributed by atoms with E-state index in [0.717, 1.165) is 30.8 Å². The molecule has 2 unspecified atom stereocenters. The monoisotopic (exact) mass is 308 g/mol. The zero-order chi connectivity index (χ0) is 16.3. The van der Waals surface area contributed by atoms with Crippen LogP contribution in [0.4, 0.5) is 10.5 Å². The van der Waals surface area contributed by atoms with Crippen LogP contribution in [0.25, 0.3) is 0 Å². The van der Waals surface area contributed by atoms with E-state index < -0.39 is 6.10 Å². The maximum Gasteiger partial charge on any atom is 0.322 e. The fraction of sp³-hybridized carbons (Fsp3) is 0.750. The zero-order valence-electron chi connectivity index (χ0n) is 14.0. The molecule has 2 atom stereocenters. The van der Waals surface area contributed by atoms with Crippen molar-refractivity contribution in [3.05, 3.63) is 11.9 Å². The first-order valence-corrected chi connectivity index (χ1v) is 8.21. The van der Waals surface area contributed by atoms with Crippen LogP contribution in [0.5, 0.6) is 0 Å². The Balaban J connectivity index is 2.04. The Kier molecular flexibility index (Phi) is 5.45. The quantitative estimate of drug-likeness (QED) is 0.897. The molecular formula is C16H28N4O2. The van der Waals surface area contributed by atoms with Crippen molar-refractivity contribution in [2.45, 2.75) is 53.2 Å². The molecule has 6 heteroatoms. The van der Waals surface area contributed by atoms with Gasteiger partial charge in [0.2, 0.25) is 0 Å². The summed E-state index contributed by atoms with van der Waals surface area (Å²) in [5.74, 6) is 0.761. The Hall–Kier alpha value is -1.56. The number of carbonyl (C=O) groups excluding carboxylic acids is 1. The minimum atomic E-state index is -0.436. The van der Waals surface area contributed by atoms with Crippen LogP contribution in [0.1, 0.15) is 39.8 Å². The number of rotatable bonds is 4. The van der Waals surface area contributed by atoms with Crippen molar-refractivity contribution in [1.29, 1.82) is 0 Å². The van der Waals surface area contributed by atoms with Crippen molar-refractivity contribution in [2.24, 2.45) is 11.8 Å². The van der Waals surface area contributed by atoms with E-state index in [1.54, 1.807) is 11.1 Å². The van der Waals surface area contributed by atoms with Crippen molar-refractivity contribution in [3.8, 4) is 0 Å². The lowest BCUT2D eigenvalue weighted by Gasteiger charge is -2.34. The summed E-state index contributed by atoms with van der Waals surface area (Å²) in [6.07, 6.45) is 2.94. The van der Waals surface area contributed by atoms with E-state index in [1.165, 1.54) is 0 Å². The van der Waals surface area contributed by atoms with Crippen LogP contribution >= 0.6 is 0 Å².